The van der Waals surface area contributed by atoms with E-state index >= 15 is 0 Å². The predicted octanol–water partition coefficient (Wildman–Crippen LogP) is 1.83. The van der Waals surface area contributed by atoms with Crippen molar-refractivity contribution in [2.24, 2.45) is 4.99 Å². The molecule has 8 heavy (non-hydrogen) atoms. The average molecular weight is 131 g/mol. The van der Waals surface area contributed by atoms with E-state index in [1.54, 1.807) is 0 Å². The van der Waals surface area contributed by atoms with Gasteiger partial charge in [-0.1, -0.05) is 0 Å². The minimum atomic E-state index is 0.583. The van der Waals surface area contributed by atoms with Gasteiger partial charge in [-0.15, -0.1) is 0 Å². The smallest absolute Gasteiger partial charge is 0.0392 e. The van der Waals surface area contributed by atoms with Gasteiger partial charge in [0.15, 0.2) is 0 Å². The maximum absolute atomic E-state index is 4.06. The molecule has 0 fully saturated rings. The molecule has 0 bridgehead atoms. The molecular formula is C6H13NS. The van der Waals surface area contributed by atoms with Crippen molar-refractivity contribution in [3.05, 3.63) is 0 Å². The number of thioether (sulfide) groups is 1. The molecule has 0 saturated heterocycles. The van der Waals surface area contributed by atoms with Crippen LogP contribution in [-0.2, 0) is 0 Å². The number of hydrogen-bond acceptors (Lipinski definition) is 2. The minimum absolute atomic E-state index is 0.583. The first-order valence-electron chi connectivity index (χ1n) is 2.68. The molecule has 2 heteroatoms. The molecule has 1 atom stereocenters. The molecule has 0 rings (SSSR count). The third-order valence-corrected chi connectivity index (χ3v) is 2.34. The Morgan fingerprint density at radius 2 is 2.12 bits per heavy atom. The Kier molecular flexibility index (Phi) is 3.97. The van der Waals surface area contributed by atoms with E-state index in [1.165, 1.54) is 5.71 Å². The van der Waals surface area contributed by atoms with Crippen LogP contribution >= 0.6 is 11.8 Å². The van der Waals surface area contributed by atoms with Crippen molar-refractivity contribution in [2.75, 3.05) is 13.3 Å². The highest BCUT2D eigenvalue weighted by Crippen LogP contribution is 2.05. The summed E-state index contributed by atoms with van der Waals surface area (Å²) in [5.74, 6) is 0. The van der Waals surface area contributed by atoms with Gasteiger partial charge in [0.25, 0.3) is 0 Å². The number of aliphatic imine (C=N–C) groups is 1. The summed E-state index contributed by atoms with van der Waals surface area (Å²) in [5.41, 5.74) is 1.22. The largest absolute Gasteiger partial charge is 0.297 e. The molecule has 1 unspecified atom stereocenters. The summed E-state index contributed by atoms with van der Waals surface area (Å²) in [5, 5.41) is 0.583. The van der Waals surface area contributed by atoms with Gasteiger partial charge >= 0.3 is 0 Å². The van der Waals surface area contributed by atoms with Crippen molar-refractivity contribution >= 4 is 17.5 Å². The van der Waals surface area contributed by atoms with Gasteiger partial charge < -0.3 is 0 Å². The summed E-state index contributed by atoms with van der Waals surface area (Å²) in [6.45, 7) is 4.22. The van der Waals surface area contributed by atoms with Gasteiger partial charge in [0.05, 0.1) is 0 Å². The molecule has 0 radical (unpaired) electrons. The second kappa shape index (κ2) is 3.96. The standard InChI is InChI=1S/C6H13NS/c1-5(7-3)6(2)8-4/h6H,1-4H3/b7-5-. The van der Waals surface area contributed by atoms with Gasteiger partial charge in [-0.2, -0.15) is 11.8 Å². The molecule has 0 amide bonds. The molecule has 0 saturated carbocycles. The zero-order valence-corrected chi connectivity index (χ0v) is 6.75. The molecule has 0 aliphatic rings. The Morgan fingerprint density at radius 1 is 1.62 bits per heavy atom. The van der Waals surface area contributed by atoms with Gasteiger partial charge in [-0.25, -0.2) is 0 Å². The summed E-state index contributed by atoms with van der Waals surface area (Å²) in [7, 11) is 1.84. The first-order valence-corrected chi connectivity index (χ1v) is 3.97. The van der Waals surface area contributed by atoms with Crippen molar-refractivity contribution in [3.8, 4) is 0 Å². The Bertz CT molecular complexity index is 88.5. The van der Waals surface area contributed by atoms with Crippen molar-refractivity contribution in [1.29, 1.82) is 0 Å². The van der Waals surface area contributed by atoms with E-state index < -0.39 is 0 Å². The van der Waals surface area contributed by atoms with Crippen molar-refractivity contribution in [1.82, 2.24) is 0 Å². The lowest BCUT2D eigenvalue weighted by atomic mass is 10.3. The second-order valence-electron chi connectivity index (χ2n) is 1.74. The lowest BCUT2D eigenvalue weighted by molar-refractivity contribution is 1.25. The van der Waals surface area contributed by atoms with E-state index in [-0.39, 0.29) is 0 Å². The summed E-state index contributed by atoms with van der Waals surface area (Å²) in [4.78, 5) is 4.06. The minimum Gasteiger partial charge on any atom is -0.297 e. The predicted molar refractivity (Wildman–Crippen MR) is 42.0 cm³/mol. The van der Waals surface area contributed by atoms with Gasteiger partial charge in [0.1, 0.15) is 0 Å². The van der Waals surface area contributed by atoms with E-state index in [9.17, 15) is 0 Å². The first kappa shape index (κ1) is 8.02. The van der Waals surface area contributed by atoms with Gasteiger partial charge in [-0.3, -0.25) is 4.99 Å². The zero-order valence-electron chi connectivity index (χ0n) is 5.93. The maximum atomic E-state index is 4.06. The molecule has 48 valence electrons. The Labute approximate surface area is 55.6 Å². The first-order chi connectivity index (χ1) is 3.72. The number of nitrogens with zero attached hydrogens (tertiary/aromatic N) is 1. The molecule has 0 spiro atoms. The molecule has 0 aromatic heterocycles. The second-order valence-corrected chi connectivity index (χ2v) is 2.92. The monoisotopic (exact) mass is 131 g/mol. The van der Waals surface area contributed by atoms with E-state index in [0.29, 0.717) is 5.25 Å². The van der Waals surface area contributed by atoms with Crippen LogP contribution in [0.2, 0.25) is 0 Å². The van der Waals surface area contributed by atoms with E-state index in [2.05, 4.69) is 25.1 Å². The van der Waals surface area contributed by atoms with Crippen LogP contribution in [0, 0.1) is 0 Å². The Hall–Kier alpha value is 0.0200. The molecule has 0 aliphatic heterocycles. The number of rotatable bonds is 2. The van der Waals surface area contributed by atoms with Crippen LogP contribution in [0.4, 0.5) is 0 Å². The van der Waals surface area contributed by atoms with Crippen LogP contribution in [0.25, 0.3) is 0 Å². The van der Waals surface area contributed by atoms with Crippen molar-refractivity contribution < 1.29 is 0 Å². The molecule has 1 nitrogen and oxygen atoms in total. The van der Waals surface area contributed by atoms with Crippen LogP contribution in [0.5, 0.6) is 0 Å². The van der Waals surface area contributed by atoms with Crippen LogP contribution in [0.3, 0.4) is 0 Å². The summed E-state index contributed by atoms with van der Waals surface area (Å²) < 4.78 is 0. The normalized spacial score (nSPS) is 16.2. The van der Waals surface area contributed by atoms with Crippen molar-refractivity contribution in [3.63, 3.8) is 0 Å². The lowest BCUT2D eigenvalue weighted by Gasteiger charge is -2.04. The van der Waals surface area contributed by atoms with Gasteiger partial charge in [0.2, 0.25) is 0 Å². The van der Waals surface area contributed by atoms with Crippen LogP contribution in [-0.4, -0.2) is 24.3 Å². The lowest BCUT2D eigenvalue weighted by Crippen LogP contribution is -2.07. The molecule has 0 aliphatic carbocycles. The zero-order chi connectivity index (χ0) is 6.57. The fraction of sp³-hybridized carbons (Fsp3) is 0.833. The van der Waals surface area contributed by atoms with Gasteiger partial charge in [0, 0.05) is 18.0 Å². The van der Waals surface area contributed by atoms with Crippen LogP contribution < -0.4 is 0 Å². The fourth-order valence-corrected chi connectivity index (χ4v) is 0.799. The third-order valence-electron chi connectivity index (χ3n) is 1.29. The van der Waals surface area contributed by atoms with Crippen LogP contribution in [0.15, 0.2) is 4.99 Å². The molecule has 0 N–H and O–H groups in total. The van der Waals surface area contributed by atoms with Crippen LogP contribution in [0.1, 0.15) is 13.8 Å². The summed E-state index contributed by atoms with van der Waals surface area (Å²) in [6, 6.07) is 0. The topological polar surface area (TPSA) is 12.4 Å². The van der Waals surface area contributed by atoms with E-state index in [0.717, 1.165) is 0 Å². The summed E-state index contributed by atoms with van der Waals surface area (Å²) in [6.07, 6.45) is 2.10. The molecule has 0 aromatic carbocycles. The van der Waals surface area contributed by atoms with E-state index in [4.69, 9.17) is 0 Å². The SMILES string of the molecule is C/N=C(/C)C(C)SC. The highest BCUT2D eigenvalue weighted by molar-refractivity contribution is 7.99. The average Bonchev–Trinajstić information content (AvgIpc) is 1.84. The molecular weight excluding hydrogens is 118 g/mol. The quantitative estimate of drug-likeness (QED) is 0.521. The number of hydrogen-bond donors (Lipinski definition) is 0. The molecule has 0 aromatic rings. The Morgan fingerprint density at radius 3 is 2.25 bits per heavy atom. The fourth-order valence-electron chi connectivity index (χ4n) is 0.352. The third kappa shape index (κ3) is 2.36. The Balaban J connectivity index is 3.63. The molecule has 0 heterocycles. The highest BCUT2D eigenvalue weighted by Gasteiger charge is 1.99. The van der Waals surface area contributed by atoms with E-state index in [1.807, 2.05) is 18.8 Å². The summed E-state index contributed by atoms with van der Waals surface area (Å²) >= 11 is 1.83. The van der Waals surface area contributed by atoms with Gasteiger partial charge in [-0.05, 0) is 20.1 Å². The highest BCUT2D eigenvalue weighted by atomic mass is 32.2. The maximum Gasteiger partial charge on any atom is 0.0392 e. The van der Waals surface area contributed by atoms with Crippen molar-refractivity contribution in [2.45, 2.75) is 19.1 Å².